The van der Waals surface area contributed by atoms with Crippen LogP contribution in [-0.4, -0.2) is 15.3 Å². The van der Waals surface area contributed by atoms with Crippen molar-refractivity contribution in [3.63, 3.8) is 0 Å². The maximum atomic E-state index is 13.9. The van der Waals surface area contributed by atoms with E-state index < -0.39 is 0 Å². The van der Waals surface area contributed by atoms with Crippen LogP contribution >= 0.6 is 11.8 Å². The summed E-state index contributed by atoms with van der Waals surface area (Å²) in [5.74, 6) is 0.962. The Balaban J connectivity index is 1.87. The van der Waals surface area contributed by atoms with E-state index in [2.05, 4.69) is 69.3 Å². The number of rotatable bonds is 7. The molecule has 3 nitrogen and oxygen atoms in total. The fourth-order valence-electron chi connectivity index (χ4n) is 4.38. The summed E-state index contributed by atoms with van der Waals surface area (Å²) in [7, 11) is 0. The minimum Gasteiger partial charge on any atom is -0.287 e. The van der Waals surface area contributed by atoms with Crippen molar-refractivity contribution < 1.29 is 0 Å². The molecule has 30 heavy (non-hydrogen) atoms. The molecule has 0 fully saturated rings. The summed E-state index contributed by atoms with van der Waals surface area (Å²) < 4.78 is 1.94. The molecule has 2 aromatic carbocycles. The molecule has 0 N–H and O–H groups in total. The molecule has 1 aromatic heterocycles. The first-order valence-corrected chi connectivity index (χ1v) is 12.0. The fraction of sp³-hybridized carbons (Fsp3) is 0.385. The molecule has 1 heterocycles. The standard InChI is InChI=1S/C26H30N2OS/c1-4-17-30-25-27-23-21-14-10-9-13-20(21)18-26(3,5-2)22(23)24(29)28(25)16-15-19-11-7-6-8-12-19/h6-14H,4-5,15-18H2,1-3H3. The van der Waals surface area contributed by atoms with Crippen molar-refractivity contribution in [2.75, 3.05) is 5.75 Å². The number of nitrogens with zero attached hydrogens (tertiary/aromatic N) is 2. The molecule has 1 aliphatic rings. The first kappa shape index (κ1) is 20.9. The van der Waals surface area contributed by atoms with Gasteiger partial charge in [-0.2, -0.15) is 0 Å². The second-order valence-electron chi connectivity index (χ2n) is 8.41. The van der Waals surface area contributed by atoms with Gasteiger partial charge in [0.15, 0.2) is 5.16 Å². The maximum absolute atomic E-state index is 13.9. The number of aryl methyl sites for hydroxylation is 1. The molecule has 156 valence electrons. The van der Waals surface area contributed by atoms with Gasteiger partial charge < -0.3 is 0 Å². The first-order valence-electron chi connectivity index (χ1n) is 11.0. The number of thioether (sulfide) groups is 1. The van der Waals surface area contributed by atoms with Gasteiger partial charge in [0.1, 0.15) is 0 Å². The van der Waals surface area contributed by atoms with Gasteiger partial charge in [0.25, 0.3) is 5.56 Å². The van der Waals surface area contributed by atoms with Crippen LogP contribution in [-0.2, 0) is 24.8 Å². The lowest BCUT2D eigenvalue weighted by atomic mass is 9.69. The third kappa shape index (κ3) is 3.85. The van der Waals surface area contributed by atoms with Crippen LogP contribution in [0.5, 0.6) is 0 Å². The quantitative estimate of drug-likeness (QED) is 0.355. The largest absolute Gasteiger partial charge is 0.287 e. The third-order valence-corrected chi connectivity index (χ3v) is 7.46. The Morgan fingerprint density at radius 3 is 2.53 bits per heavy atom. The minimum atomic E-state index is -0.184. The van der Waals surface area contributed by atoms with E-state index in [1.54, 1.807) is 11.8 Å². The number of hydrogen-bond donors (Lipinski definition) is 0. The second-order valence-corrected chi connectivity index (χ2v) is 9.47. The van der Waals surface area contributed by atoms with E-state index in [0.29, 0.717) is 6.54 Å². The maximum Gasteiger partial charge on any atom is 0.258 e. The summed E-state index contributed by atoms with van der Waals surface area (Å²) in [6, 6.07) is 18.9. The number of fused-ring (bicyclic) bond motifs is 3. The zero-order valence-electron chi connectivity index (χ0n) is 18.1. The molecule has 0 amide bonds. The van der Waals surface area contributed by atoms with Gasteiger partial charge in [-0.3, -0.25) is 9.36 Å². The molecule has 0 radical (unpaired) electrons. The van der Waals surface area contributed by atoms with Crippen molar-refractivity contribution in [1.29, 1.82) is 0 Å². The van der Waals surface area contributed by atoms with Gasteiger partial charge in [0.2, 0.25) is 0 Å². The van der Waals surface area contributed by atoms with E-state index in [-0.39, 0.29) is 11.0 Å². The molecule has 1 unspecified atom stereocenters. The highest BCUT2D eigenvalue weighted by Crippen LogP contribution is 2.42. The molecule has 1 atom stereocenters. The topological polar surface area (TPSA) is 34.9 Å². The molecule has 0 bridgehead atoms. The monoisotopic (exact) mass is 418 g/mol. The number of aromatic nitrogens is 2. The Bertz CT molecular complexity index is 1090. The van der Waals surface area contributed by atoms with E-state index in [9.17, 15) is 4.79 Å². The van der Waals surface area contributed by atoms with Gasteiger partial charge in [0.05, 0.1) is 11.3 Å². The second kappa shape index (κ2) is 8.81. The molecule has 0 spiro atoms. The molecule has 3 aromatic rings. The van der Waals surface area contributed by atoms with Crippen LogP contribution in [0.25, 0.3) is 11.3 Å². The third-order valence-electron chi connectivity index (χ3n) is 6.27. The van der Waals surface area contributed by atoms with E-state index in [1.807, 2.05) is 10.6 Å². The average Bonchev–Trinajstić information content (AvgIpc) is 2.77. The Labute approximate surface area is 183 Å². The molecule has 4 rings (SSSR count). The summed E-state index contributed by atoms with van der Waals surface area (Å²) in [5, 5.41) is 0.853. The normalized spacial score (nSPS) is 17.4. The van der Waals surface area contributed by atoms with Crippen LogP contribution in [0.2, 0.25) is 0 Å². The van der Waals surface area contributed by atoms with Crippen molar-refractivity contribution in [1.82, 2.24) is 9.55 Å². The molecule has 1 aliphatic carbocycles. The smallest absolute Gasteiger partial charge is 0.258 e. The summed E-state index contributed by atoms with van der Waals surface area (Å²) >= 11 is 1.70. The van der Waals surface area contributed by atoms with Crippen molar-refractivity contribution in [2.45, 2.75) is 63.6 Å². The lowest BCUT2D eigenvalue weighted by Crippen LogP contribution is -2.40. The average molecular weight is 419 g/mol. The van der Waals surface area contributed by atoms with Gasteiger partial charge >= 0.3 is 0 Å². The van der Waals surface area contributed by atoms with E-state index >= 15 is 0 Å². The highest BCUT2D eigenvalue weighted by Gasteiger charge is 2.38. The highest BCUT2D eigenvalue weighted by atomic mass is 32.2. The lowest BCUT2D eigenvalue weighted by molar-refractivity contribution is 0.427. The summed E-state index contributed by atoms with van der Waals surface area (Å²) in [6.45, 7) is 7.24. The zero-order chi connectivity index (χ0) is 21.1. The zero-order valence-corrected chi connectivity index (χ0v) is 19.0. The Morgan fingerprint density at radius 2 is 1.80 bits per heavy atom. The van der Waals surface area contributed by atoms with Crippen LogP contribution in [0, 0.1) is 0 Å². The molecule has 0 saturated carbocycles. The van der Waals surface area contributed by atoms with Gasteiger partial charge in [-0.15, -0.1) is 0 Å². The van der Waals surface area contributed by atoms with E-state index in [0.717, 1.165) is 53.4 Å². The Kier molecular flexibility index (Phi) is 6.14. The van der Waals surface area contributed by atoms with Gasteiger partial charge in [-0.25, -0.2) is 4.98 Å². The Hall–Kier alpha value is -2.33. The van der Waals surface area contributed by atoms with Crippen molar-refractivity contribution in [3.8, 4) is 11.3 Å². The predicted octanol–water partition coefficient (Wildman–Crippen LogP) is 5.88. The molecular formula is C26H30N2OS. The summed E-state index contributed by atoms with van der Waals surface area (Å²) in [6.07, 6.45) is 3.70. The lowest BCUT2D eigenvalue weighted by Gasteiger charge is -2.36. The highest BCUT2D eigenvalue weighted by molar-refractivity contribution is 7.99. The fourth-order valence-corrected chi connectivity index (χ4v) is 5.25. The number of benzene rings is 2. The summed E-state index contributed by atoms with van der Waals surface area (Å²) in [5.41, 5.74) is 5.44. The van der Waals surface area contributed by atoms with Crippen LogP contribution in [0.4, 0.5) is 0 Å². The van der Waals surface area contributed by atoms with Gasteiger partial charge in [0, 0.05) is 23.3 Å². The van der Waals surface area contributed by atoms with Gasteiger partial charge in [-0.1, -0.05) is 87.1 Å². The van der Waals surface area contributed by atoms with Crippen LogP contribution in [0.15, 0.2) is 64.5 Å². The van der Waals surface area contributed by atoms with Crippen LogP contribution in [0.1, 0.15) is 50.3 Å². The SMILES string of the molecule is CCCSc1nc2c(c(=O)n1CCc1ccccc1)C(C)(CC)Cc1ccccc1-2. The molecule has 4 heteroatoms. The number of hydrogen-bond acceptors (Lipinski definition) is 3. The summed E-state index contributed by atoms with van der Waals surface area (Å²) in [4.78, 5) is 19.0. The molecule has 0 saturated heterocycles. The van der Waals surface area contributed by atoms with Crippen molar-refractivity contribution >= 4 is 11.8 Å². The van der Waals surface area contributed by atoms with E-state index in [1.165, 1.54) is 11.1 Å². The van der Waals surface area contributed by atoms with Crippen LogP contribution in [0.3, 0.4) is 0 Å². The molecule has 0 aliphatic heterocycles. The molecular weight excluding hydrogens is 388 g/mol. The van der Waals surface area contributed by atoms with Crippen LogP contribution < -0.4 is 5.56 Å². The minimum absolute atomic E-state index is 0.147. The van der Waals surface area contributed by atoms with Crippen molar-refractivity contribution in [3.05, 3.63) is 81.6 Å². The Morgan fingerprint density at radius 1 is 1.07 bits per heavy atom. The van der Waals surface area contributed by atoms with Gasteiger partial charge in [-0.05, 0) is 36.8 Å². The predicted molar refractivity (Wildman–Crippen MR) is 126 cm³/mol. The van der Waals surface area contributed by atoms with Crippen molar-refractivity contribution in [2.24, 2.45) is 0 Å². The first-order chi connectivity index (χ1) is 14.6. The van der Waals surface area contributed by atoms with E-state index in [4.69, 9.17) is 4.98 Å².